The average Bonchev–Trinajstić information content (AvgIpc) is 2.76. The maximum absolute atomic E-state index is 9.34. The molecule has 2 heterocycles. The Hall–Kier alpha value is -0.980. The zero-order valence-corrected chi connectivity index (χ0v) is 11.1. The number of nitrogens with zero attached hydrogens (tertiary/aromatic N) is 4. The molecule has 1 saturated heterocycles. The first-order valence-electron chi connectivity index (χ1n) is 6.50. The number of hydrogen-bond donors (Lipinski definition) is 1. The third-order valence-electron chi connectivity index (χ3n) is 3.14. The predicted octanol–water partition coefficient (Wildman–Crippen LogP) is 0.127. The molecule has 0 aliphatic carbocycles. The van der Waals surface area contributed by atoms with Crippen molar-refractivity contribution in [2.45, 2.75) is 33.0 Å². The quantitative estimate of drug-likeness (QED) is 0.809. The monoisotopic (exact) mass is 254 g/mol. The summed E-state index contributed by atoms with van der Waals surface area (Å²) in [6.07, 6.45) is 1.60. The van der Waals surface area contributed by atoms with Crippen molar-refractivity contribution in [3.05, 3.63) is 12.2 Å². The summed E-state index contributed by atoms with van der Waals surface area (Å²) in [6.45, 7) is 8.19. The molecule has 18 heavy (non-hydrogen) atoms. The van der Waals surface area contributed by atoms with Gasteiger partial charge in [0.25, 0.3) is 0 Å². The van der Waals surface area contributed by atoms with E-state index in [1.54, 1.807) is 6.33 Å². The number of hydrogen-bond acceptors (Lipinski definition) is 5. The van der Waals surface area contributed by atoms with Crippen LogP contribution in [0.4, 0.5) is 0 Å². The van der Waals surface area contributed by atoms with Crippen molar-refractivity contribution in [1.82, 2.24) is 19.7 Å². The Morgan fingerprint density at radius 2 is 2.39 bits per heavy atom. The molecule has 102 valence electrons. The van der Waals surface area contributed by atoms with Crippen LogP contribution in [0, 0.1) is 5.92 Å². The van der Waals surface area contributed by atoms with E-state index in [0.717, 1.165) is 32.1 Å². The van der Waals surface area contributed by atoms with Gasteiger partial charge in [-0.25, -0.2) is 9.67 Å². The Balaban J connectivity index is 2.01. The predicted molar refractivity (Wildman–Crippen MR) is 67.0 cm³/mol. The first-order chi connectivity index (χ1) is 8.70. The molecular formula is C12H22N4O2. The van der Waals surface area contributed by atoms with Crippen LogP contribution in [0.2, 0.25) is 0 Å². The molecule has 0 aromatic carbocycles. The minimum absolute atomic E-state index is 0.0722. The van der Waals surface area contributed by atoms with Crippen LogP contribution in [0.1, 0.15) is 19.7 Å². The Morgan fingerprint density at radius 3 is 3.11 bits per heavy atom. The lowest BCUT2D eigenvalue weighted by Crippen LogP contribution is -2.47. The first kappa shape index (κ1) is 13.5. The molecule has 0 saturated carbocycles. The highest BCUT2D eigenvalue weighted by atomic mass is 16.5. The normalized spacial score (nSPS) is 21.7. The summed E-state index contributed by atoms with van der Waals surface area (Å²) in [5, 5.41) is 13.6. The van der Waals surface area contributed by atoms with Crippen molar-refractivity contribution >= 4 is 0 Å². The summed E-state index contributed by atoms with van der Waals surface area (Å²) in [5.41, 5.74) is 0. The summed E-state index contributed by atoms with van der Waals surface area (Å²) in [4.78, 5) is 6.53. The van der Waals surface area contributed by atoms with Crippen LogP contribution in [-0.2, 0) is 17.8 Å². The summed E-state index contributed by atoms with van der Waals surface area (Å²) in [5.74, 6) is 1.51. The van der Waals surface area contributed by atoms with Crippen LogP contribution in [0.25, 0.3) is 0 Å². The van der Waals surface area contributed by atoms with Crippen LogP contribution in [0.3, 0.4) is 0 Å². The van der Waals surface area contributed by atoms with Gasteiger partial charge in [-0.05, 0) is 5.92 Å². The number of rotatable bonds is 5. The molecule has 1 aliphatic heterocycles. The van der Waals surface area contributed by atoms with Crippen LogP contribution in [0.5, 0.6) is 0 Å². The molecule has 1 fully saturated rings. The minimum atomic E-state index is 0.0722. The molecule has 6 nitrogen and oxygen atoms in total. The third kappa shape index (κ3) is 3.28. The molecule has 0 radical (unpaired) electrons. The number of aromatic nitrogens is 3. The third-order valence-corrected chi connectivity index (χ3v) is 3.14. The largest absolute Gasteiger partial charge is 0.395 e. The molecule has 0 spiro atoms. The number of aliphatic hydroxyl groups excluding tert-OH is 1. The summed E-state index contributed by atoms with van der Waals surface area (Å²) in [7, 11) is 0. The number of aliphatic hydroxyl groups is 1. The van der Waals surface area contributed by atoms with Gasteiger partial charge in [0, 0.05) is 13.1 Å². The highest BCUT2D eigenvalue weighted by molar-refractivity contribution is 4.88. The lowest BCUT2D eigenvalue weighted by molar-refractivity contribution is -0.0328. The van der Waals surface area contributed by atoms with E-state index in [-0.39, 0.29) is 12.6 Å². The lowest BCUT2D eigenvalue weighted by Gasteiger charge is -2.33. The van der Waals surface area contributed by atoms with Crippen LogP contribution in [0.15, 0.2) is 6.33 Å². The lowest BCUT2D eigenvalue weighted by atomic mass is 10.2. The molecule has 2 rings (SSSR count). The SMILES string of the molecule is CC(C)Cn1ncnc1CN1CCOCC1CO. The van der Waals surface area contributed by atoms with Gasteiger partial charge >= 0.3 is 0 Å². The van der Waals surface area contributed by atoms with Gasteiger partial charge in [-0.1, -0.05) is 13.8 Å². The molecule has 6 heteroatoms. The molecule has 1 atom stereocenters. The Bertz CT molecular complexity index is 367. The fraction of sp³-hybridized carbons (Fsp3) is 0.833. The maximum atomic E-state index is 9.34. The Morgan fingerprint density at radius 1 is 1.56 bits per heavy atom. The van der Waals surface area contributed by atoms with Crippen LogP contribution in [-0.4, -0.2) is 57.2 Å². The van der Waals surface area contributed by atoms with E-state index in [1.165, 1.54) is 0 Å². The summed E-state index contributed by atoms with van der Waals surface area (Å²) < 4.78 is 7.33. The van der Waals surface area contributed by atoms with E-state index < -0.39 is 0 Å². The minimum Gasteiger partial charge on any atom is -0.395 e. The second kappa shape index (κ2) is 6.26. The van der Waals surface area contributed by atoms with Crippen LogP contribution >= 0.6 is 0 Å². The fourth-order valence-electron chi connectivity index (χ4n) is 2.16. The summed E-state index contributed by atoms with van der Waals surface area (Å²) in [6, 6.07) is 0.0722. The van der Waals surface area contributed by atoms with Gasteiger partial charge in [0.05, 0.1) is 32.4 Å². The number of morpholine rings is 1. The van der Waals surface area contributed by atoms with Crippen LogP contribution < -0.4 is 0 Å². The van der Waals surface area contributed by atoms with Gasteiger partial charge in [0.1, 0.15) is 12.2 Å². The summed E-state index contributed by atoms with van der Waals surface area (Å²) >= 11 is 0. The zero-order chi connectivity index (χ0) is 13.0. The second-order valence-electron chi connectivity index (χ2n) is 5.13. The van der Waals surface area contributed by atoms with Crippen molar-refractivity contribution in [2.75, 3.05) is 26.4 Å². The van der Waals surface area contributed by atoms with E-state index >= 15 is 0 Å². The van der Waals surface area contributed by atoms with Gasteiger partial charge < -0.3 is 9.84 Å². The molecular weight excluding hydrogens is 232 g/mol. The molecule has 0 bridgehead atoms. The second-order valence-corrected chi connectivity index (χ2v) is 5.13. The van der Waals surface area contributed by atoms with E-state index in [4.69, 9.17) is 4.74 Å². The highest BCUT2D eigenvalue weighted by Gasteiger charge is 2.23. The zero-order valence-electron chi connectivity index (χ0n) is 11.1. The molecule has 1 N–H and O–H groups in total. The van der Waals surface area contributed by atoms with E-state index in [9.17, 15) is 5.11 Å². The molecule has 1 aromatic heterocycles. The van der Waals surface area contributed by atoms with Crippen molar-refractivity contribution in [3.8, 4) is 0 Å². The van der Waals surface area contributed by atoms with E-state index in [2.05, 4.69) is 28.8 Å². The smallest absolute Gasteiger partial charge is 0.141 e. The Labute approximate surface area is 108 Å². The Kier molecular flexibility index (Phi) is 4.68. The maximum Gasteiger partial charge on any atom is 0.141 e. The highest BCUT2D eigenvalue weighted by Crippen LogP contribution is 2.11. The first-order valence-corrected chi connectivity index (χ1v) is 6.50. The van der Waals surface area contributed by atoms with Gasteiger partial charge in [-0.2, -0.15) is 5.10 Å². The van der Waals surface area contributed by atoms with E-state index in [0.29, 0.717) is 12.5 Å². The van der Waals surface area contributed by atoms with Crippen molar-refractivity contribution in [3.63, 3.8) is 0 Å². The molecule has 1 unspecified atom stereocenters. The molecule has 1 aliphatic rings. The fourth-order valence-corrected chi connectivity index (χ4v) is 2.16. The van der Waals surface area contributed by atoms with Gasteiger partial charge in [0.2, 0.25) is 0 Å². The van der Waals surface area contributed by atoms with Gasteiger partial charge in [-0.3, -0.25) is 4.90 Å². The van der Waals surface area contributed by atoms with Crippen molar-refractivity contribution in [1.29, 1.82) is 0 Å². The average molecular weight is 254 g/mol. The van der Waals surface area contributed by atoms with Crippen molar-refractivity contribution < 1.29 is 9.84 Å². The van der Waals surface area contributed by atoms with E-state index in [1.807, 2.05) is 4.68 Å². The molecule has 1 aromatic rings. The number of ether oxygens (including phenoxy) is 1. The van der Waals surface area contributed by atoms with Gasteiger partial charge in [-0.15, -0.1) is 0 Å². The standard InChI is InChI=1S/C12H22N4O2/c1-10(2)5-16-12(13-9-14-16)6-15-3-4-18-8-11(15)7-17/h9-11,17H,3-8H2,1-2H3. The topological polar surface area (TPSA) is 63.4 Å². The van der Waals surface area contributed by atoms with Gasteiger partial charge in [0.15, 0.2) is 0 Å². The molecule has 0 amide bonds. The van der Waals surface area contributed by atoms with Crippen molar-refractivity contribution in [2.24, 2.45) is 5.92 Å².